The van der Waals surface area contributed by atoms with Gasteiger partial charge in [0, 0.05) is 11.6 Å². The van der Waals surface area contributed by atoms with Crippen molar-refractivity contribution in [3.05, 3.63) is 95.2 Å². The van der Waals surface area contributed by atoms with Crippen LogP contribution in [0.2, 0.25) is 0 Å². The van der Waals surface area contributed by atoms with Crippen molar-refractivity contribution in [2.24, 2.45) is 0 Å². The highest BCUT2D eigenvalue weighted by Gasteiger charge is 2.33. The van der Waals surface area contributed by atoms with E-state index in [-0.39, 0.29) is 5.52 Å². The lowest BCUT2D eigenvalue weighted by Crippen LogP contribution is -2.06. The highest BCUT2D eigenvalue weighted by atomic mass is 19.4. The molecule has 0 bridgehead atoms. The molecule has 1 aromatic heterocycles. The SMILES string of the molecule is Cc1ccc(COc2cccc(-c3ccnc4c(C(F)(F)F)cccc34)c2)cc1C. The number of hydrogen-bond donors (Lipinski definition) is 0. The van der Waals surface area contributed by atoms with Crippen molar-refractivity contribution in [3.8, 4) is 16.9 Å². The Bertz CT molecular complexity index is 1210. The van der Waals surface area contributed by atoms with E-state index in [2.05, 4.69) is 31.0 Å². The van der Waals surface area contributed by atoms with Crippen LogP contribution in [0.3, 0.4) is 0 Å². The van der Waals surface area contributed by atoms with Gasteiger partial charge in [0.25, 0.3) is 0 Å². The molecule has 0 saturated heterocycles. The molecule has 0 atom stereocenters. The number of pyridine rings is 1. The summed E-state index contributed by atoms with van der Waals surface area (Å²) < 4.78 is 46.1. The van der Waals surface area contributed by atoms with Crippen LogP contribution < -0.4 is 4.74 Å². The molecule has 0 radical (unpaired) electrons. The molecule has 4 rings (SSSR count). The third-order valence-electron chi connectivity index (χ3n) is 5.20. The lowest BCUT2D eigenvalue weighted by Gasteiger charge is -2.13. The van der Waals surface area contributed by atoms with Crippen LogP contribution in [0.5, 0.6) is 5.75 Å². The number of ether oxygens (including phenoxy) is 1. The highest BCUT2D eigenvalue weighted by molar-refractivity contribution is 5.96. The number of fused-ring (bicyclic) bond motifs is 1. The molecule has 152 valence electrons. The quantitative estimate of drug-likeness (QED) is 0.359. The minimum Gasteiger partial charge on any atom is -0.489 e. The number of aryl methyl sites for hydroxylation is 2. The van der Waals surface area contributed by atoms with Crippen LogP contribution in [0.15, 0.2) is 72.9 Å². The molecule has 4 aromatic rings. The van der Waals surface area contributed by atoms with E-state index in [4.69, 9.17) is 4.74 Å². The summed E-state index contributed by atoms with van der Waals surface area (Å²) in [6.45, 7) is 4.54. The van der Waals surface area contributed by atoms with E-state index in [9.17, 15) is 13.2 Å². The van der Waals surface area contributed by atoms with Gasteiger partial charge in [0.2, 0.25) is 0 Å². The van der Waals surface area contributed by atoms with E-state index in [1.807, 2.05) is 30.3 Å². The summed E-state index contributed by atoms with van der Waals surface area (Å²) in [4.78, 5) is 4.00. The molecule has 5 heteroatoms. The van der Waals surface area contributed by atoms with E-state index >= 15 is 0 Å². The predicted octanol–water partition coefficient (Wildman–Crippen LogP) is 7.12. The van der Waals surface area contributed by atoms with Crippen LogP contribution in [0.25, 0.3) is 22.0 Å². The monoisotopic (exact) mass is 407 g/mol. The van der Waals surface area contributed by atoms with E-state index in [1.54, 1.807) is 12.1 Å². The van der Waals surface area contributed by atoms with E-state index in [0.717, 1.165) is 17.2 Å². The Balaban J connectivity index is 1.67. The Kier molecular flexibility index (Phi) is 5.20. The van der Waals surface area contributed by atoms with Gasteiger partial charge in [0.15, 0.2) is 0 Å². The molecule has 0 saturated carbocycles. The molecule has 0 fully saturated rings. The van der Waals surface area contributed by atoms with Gasteiger partial charge in [0.05, 0.1) is 11.1 Å². The van der Waals surface area contributed by atoms with Crippen LogP contribution >= 0.6 is 0 Å². The average Bonchev–Trinajstić information content (AvgIpc) is 2.73. The van der Waals surface area contributed by atoms with Crippen molar-refractivity contribution >= 4 is 10.9 Å². The van der Waals surface area contributed by atoms with Crippen LogP contribution in [0, 0.1) is 13.8 Å². The zero-order chi connectivity index (χ0) is 21.3. The Labute approximate surface area is 173 Å². The van der Waals surface area contributed by atoms with Crippen LogP contribution in [0.4, 0.5) is 13.2 Å². The highest BCUT2D eigenvalue weighted by Crippen LogP contribution is 2.37. The molecule has 1 heterocycles. The Hall–Kier alpha value is -3.34. The van der Waals surface area contributed by atoms with Gasteiger partial charge in [0.1, 0.15) is 12.4 Å². The number of para-hydroxylation sites is 1. The fourth-order valence-corrected chi connectivity index (χ4v) is 3.47. The number of aromatic nitrogens is 1. The van der Waals surface area contributed by atoms with E-state index < -0.39 is 11.7 Å². The molecule has 2 nitrogen and oxygen atoms in total. The third kappa shape index (κ3) is 4.01. The van der Waals surface area contributed by atoms with Gasteiger partial charge < -0.3 is 4.74 Å². The topological polar surface area (TPSA) is 22.1 Å². The van der Waals surface area contributed by atoms with Gasteiger partial charge >= 0.3 is 6.18 Å². The van der Waals surface area contributed by atoms with E-state index in [0.29, 0.717) is 23.3 Å². The molecular formula is C25H20F3NO. The van der Waals surface area contributed by atoms with Crippen LogP contribution in [-0.4, -0.2) is 4.98 Å². The molecule has 0 unspecified atom stereocenters. The van der Waals surface area contributed by atoms with E-state index in [1.165, 1.54) is 23.4 Å². The van der Waals surface area contributed by atoms with Crippen molar-refractivity contribution in [1.82, 2.24) is 4.98 Å². The second-order valence-corrected chi connectivity index (χ2v) is 7.29. The maximum absolute atomic E-state index is 13.4. The molecule has 0 N–H and O–H groups in total. The summed E-state index contributed by atoms with van der Waals surface area (Å²) in [5, 5.41) is 0.457. The first-order chi connectivity index (χ1) is 14.3. The molecule has 0 aliphatic rings. The summed E-state index contributed by atoms with van der Waals surface area (Å²) in [7, 11) is 0. The number of hydrogen-bond acceptors (Lipinski definition) is 2. The molecular weight excluding hydrogens is 387 g/mol. The second-order valence-electron chi connectivity index (χ2n) is 7.29. The predicted molar refractivity (Wildman–Crippen MR) is 112 cm³/mol. The maximum Gasteiger partial charge on any atom is 0.418 e. The summed E-state index contributed by atoms with van der Waals surface area (Å²) in [6, 6.07) is 19.4. The van der Waals surface area contributed by atoms with Crippen molar-refractivity contribution < 1.29 is 17.9 Å². The summed E-state index contributed by atoms with van der Waals surface area (Å²) >= 11 is 0. The van der Waals surface area contributed by atoms with Gasteiger partial charge in [-0.3, -0.25) is 4.98 Å². The van der Waals surface area contributed by atoms with Gasteiger partial charge in [-0.2, -0.15) is 13.2 Å². The first-order valence-corrected chi connectivity index (χ1v) is 9.57. The fraction of sp³-hybridized carbons (Fsp3) is 0.160. The van der Waals surface area contributed by atoms with Crippen molar-refractivity contribution in [2.75, 3.05) is 0 Å². The molecule has 0 spiro atoms. The Morgan fingerprint density at radius 3 is 2.43 bits per heavy atom. The number of nitrogens with zero attached hydrogens (tertiary/aromatic N) is 1. The zero-order valence-corrected chi connectivity index (χ0v) is 16.6. The largest absolute Gasteiger partial charge is 0.489 e. The second kappa shape index (κ2) is 7.82. The molecule has 3 aromatic carbocycles. The first-order valence-electron chi connectivity index (χ1n) is 9.57. The molecule has 0 aliphatic heterocycles. The van der Waals surface area contributed by atoms with Crippen molar-refractivity contribution in [3.63, 3.8) is 0 Å². The third-order valence-corrected chi connectivity index (χ3v) is 5.20. The van der Waals surface area contributed by atoms with Gasteiger partial charge in [-0.1, -0.05) is 42.5 Å². The molecule has 0 aliphatic carbocycles. The summed E-state index contributed by atoms with van der Waals surface area (Å²) in [6.07, 6.45) is -3.04. The minimum absolute atomic E-state index is 0.0519. The number of benzene rings is 3. The summed E-state index contributed by atoms with van der Waals surface area (Å²) in [5.74, 6) is 0.655. The Morgan fingerprint density at radius 2 is 1.67 bits per heavy atom. The van der Waals surface area contributed by atoms with Gasteiger partial charge in [-0.05, 0) is 65.9 Å². The number of alkyl halides is 3. The Morgan fingerprint density at radius 1 is 0.867 bits per heavy atom. The smallest absolute Gasteiger partial charge is 0.418 e. The van der Waals surface area contributed by atoms with Gasteiger partial charge in [-0.15, -0.1) is 0 Å². The first kappa shape index (κ1) is 20.0. The number of rotatable bonds is 4. The fourth-order valence-electron chi connectivity index (χ4n) is 3.47. The summed E-state index contributed by atoms with van der Waals surface area (Å²) in [5.41, 5.74) is 4.17. The average molecular weight is 407 g/mol. The maximum atomic E-state index is 13.4. The van der Waals surface area contributed by atoms with Crippen LogP contribution in [0.1, 0.15) is 22.3 Å². The molecule has 30 heavy (non-hydrogen) atoms. The zero-order valence-electron chi connectivity index (χ0n) is 16.6. The minimum atomic E-state index is -4.46. The lowest BCUT2D eigenvalue weighted by molar-refractivity contribution is -0.136. The standard InChI is InChI=1S/C25H20F3NO/c1-16-9-10-18(13-17(16)2)15-30-20-6-3-5-19(14-20)21-11-12-29-24-22(21)7-4-8-23(24)25(26,27)28/h3-14H,15H2,1-2H3. The van der Waals surface area contributed by atoms with Crippen LogP contribution in [-0.2, 0) is 12.8 Å². The normalized spacial score (nSPS) is 11.6. The molecule has 0 amide bonds. The lowest BCUT2D eigenvalue weighted by atomic mass is 9.99. The number of halogens is 3. The van der Waals surface area contributed by atoms with Crippen molar-refractivity contribution in [1.29, 1.82) is 0 Å². The van der Waals surface area contributed by atoms with Gasteiger partial charge in [-0.25, -0.2) is 0 Å². The van der Waals surface area contributed by atoms with Crippen molar-refractivity contribution in [2.45, 2.75) is 26.6 Å².